The molecule has 0 saturated heterocycles. The Morgan fingerprint density at radius 2 is 1.61 bits per heavy atom. The summed E-state index contributed by atoms with van der Waals surface area (Å²) in [4.78, 5) is 11.1. The molecule has 1 N–H and O–H groups in total. The van der Waals surface area contributed by atoms with E-state index in [4.69, 9.17) is 0 Å². The van der Waals surface area contributed by atoms with E-state index in [9.17, 15) is 4.79 Å². The van der Waals surface area contributed by atoms with E-state index in [0.717, 1.165) is 16.8 Å². The third kappa shape index (κ3) is 8.80. The highest BCUT2D eigenvalue weighted by Gasteiger charge is 2.01. The predicted octanol–water partition coefficient (Wildman–Crippen LogP) is 5.09. The van der Waals surface area contributed by atoms with Crippen molar-refractivity contribution in [2.75, 3.05) is 5.32 Å². The summed E-state index contributed by atoms with van der Waals surface area (Å²) in [6.45, 7) is 14.1. The van der Waals surface area contributed by atoms with Crippen LogP contribution in [0.4, 0.5) is 5.69 Å². The molecule has 104 valence electrons. The molecule has 0 atom stereocenters. The molecule has 1 rings (SSSR count). The molecule has 0 radical (unpaired) electrons. The lowest BCUT2D eigenvalue weighted by Crippen LogP contribution is -2.10. The molecular weight excluding hydrogens is 222 g/mol. The Morgan fingerprint density at radius 3 is 2.06 bits per heavy atom. The van der Waals surface area contributed by atoms with Crippen LogP contribution >= 0.6 is 0 Å². The monoisotopic (exact) mass is 251 g/mol. The van der Waals surface area contributed by atoms with Crippen LogP contribution in [0.1, 0.15) is 58.6 Å². The van der Waals surface area contributed by atoms with Crippen LogP contribution in [-0.4, -0.2) is 5.91 Å². The van der Waals surface area contributed by atoms with E-state index in [0.29, 0.717) is 6.42 Å². The number of rotatable bonds is 2. The van der Waals surface area contributed by atoms with Crippen molar-refractivity contribution in [1.29, 1.82) is 0 Å². The summed E-state index contributed by atoms with van der Waals surface area (Å²) in [5.74, 6) is 0.0636. The maximum absolute atomic E-state index is 11.1. The number of anilines is 1. The minimum Gasteiger partial charge on any atom is -0.326 e. The fourth-order valence-electron chi connectivity index (χ4n) is 1.11. The summed E-state index contributed by atoms with van der Waals surface area (Å²) in [5, 5.41) is 2.86. The molecule has 0 aromatic heterocycles. The second kappa shape index (κ2) is 12.2. The van der Waals surface area contributed by atoms with Gasteiger partial charge in [-0.2, -0.15) is 0 Å². The van der Waals surface area contributed by atoms with Gasteiger partial charge >= 0.3 is 0 Å². The van der Waals surface area contributed by atoms with Crippen LogP contribution in [0.25, 0.3) is 0 Å². The normalized spacial score (nSPS) is 8.39. The molecule has 0 bridgehead atoms. The largest absolute Gasteiger partial charge is 0.326 e. The highest BCUT2D eigenvalue weighted by Crippen LogP contribution is 2.16. The number of carbonyl (C=O) groups is 1. The number of nitrogens with one attached hydrogen (secondary N) is 1. The lowest BCUT2D eigenvalue weighted by molar-refractivity contribution is -0.115. The highest BCUT2D eigenvalue weighted by atomic mass is 16.1. The van der Waals surface area contributed by atoms with Gasteiger partial charge < -0.3 is 5.32 Å². The van der Waals surface area contributed by atoms with Crippen molar-refractivity contribution in [2.24, 2.45) is 0 Å². The average molecular weight is 251 g/mol. The molecule has 1 aromatic rings. The van der Waals surface area contributed by atoms with Crippen LogP contribution in [-0.2, 0) is 4.79 Å². The van der Waals surface area contributed by atoms with Gasteiger partial charge in [-0.15, -0.1) is 0 Å². The topological polar surface area (TPSA) is 29.1 Å². The van der Waals surface area contributed by atoms with Crippen molar-refractivity contribution in [1.82, 2.24) is 0 Å². The zero-order valence-corrected chi connectivity index (χ0v) is 13.1. The third-order valence-corrected chi connectivity index (χ3v) is 1.99. The fraction of sp³-hybridized carbons (Fsp3) is 0.562. The molecule has 0 aliphatic heterocycles. The summed E-state index contributed by atoms with van der Waals surface area (Å²) in [7, 11) is 0. The van der Waals surface area contributed by atoms with Gasteiger partial charge in [0.1, 0.15) is 0 Å². The molecule has 0 aliphatic rings. The number of amides is 1. The number of benzene rings is 1. The molecule has 0 unspecified atom stereocenters. The molecule has 0 saturated carbocycles. The zero-order chi connectivity index (χ0) is 14.6. The van der Waals surface area contributed by atoms with E-state index in [1.54, 1.807) is 0 Å². The third-order valence-electron chi connectivity index (χ3n) is 1.99. The lowest BCUT2D eigenvalue weighted by atomic mass is 10.1. The lowest BCUT2D eigenvalue weighted by Gasteiger charge is -2.07. The van der Waals surface area contributed by atoms with Crippen molar-refractivity contribution in [3.63, 3.8) is 0 Å². The molecule has 0 fully saturated rings. The minimum atomic E-state index is 0.0636. The summed E-state index contributed by atoms with van der Waals surface area (Å²) >= 11 is 0. The van der Waals surface area contributed by atoms with Gasteiger partial charge in [0.15, 0.2) is 0 Å². The van der Waals surface area contributed by atoms with E-state index in [1.165, 1.54) is 6.42 Å². The molecule has 0 heterocycles. The van der Waals surface area contributed by atoms with Crippen molar-refractivity contribution in [2.45, 2.75) is 61.3 Å². The zero-order valence-electron chi connectivity index (χ0n) is 13.1. The van der Waals surface area contributed by atoms with E-state index in [-0.39, 0.29) is 5.91 Å². The van der Waals surface area contributed by atoms with Gasteiger partial charge in [0.25, 0.3) is 0 Å². The van der Waals surface area contributed by atoms with Crippen molar-refractivity contribution < 1.29 is 4.79 Å². The molecule has 1 aromatic carbocycles. The van der Waals surface area contributed by atoms with Crippen LogP contribution in [0.15, 0.2) is 18.2 Å². The first-order chi connectivity index (χ1) is 8.54. The van der Waals surface area contributed by atoms with Crippen LogP contribution in [0, 0.1) is 13.8 Å². The molecule has 2 nitrogen and oxygen atoms in total. The molecule has 2 heteroatoms. The van der Waals surface area contributed by atoms with Crippen LogP contribution in [0.2, 0.25) is 0 Å². The molecular formula is C16H29NO. The van der Waals surface area contributed by atoms with Gasteiger partial charge in [-0.3, -0.25) is 4.79 Å². The quantitative estimate of drug-likeness (QED) is 0.779. The number of hydrogen-bond acceptors (Lipinski definition) is 1. The second-order valence-corrected chi connectivity index (χ2v) is 3.93. The minimum absolute atomic E-state index is 0.0636. The smallest absolute Gasteiger partial charge is 0.224 e. The maximum atomic E-state index is 11.1. The van der Waals surface area contributed by atoms with Crippen LogP contribution in [0.5, 0.6) is 0 Å². The highest BCUT2D eigenvalue weighted by molar-refractivity contribution is 5.91. The standard InChI is InChI=1S/C11H15NO.C3H8.C2H6/c1-4-11(13)12-10-7-8(2)5-6-9(10)3;1-3-2;1-2/h5-7H,4H2,1-3H3,(H,12,13);3H2,1-2H3;1-2H3. The SMILES string of the molecule is CC.CCC.CCC(=O)Nc1cc(C)ccc1C. The van der Waals surface area contributed by atoms with E-state index in [1.807, 2.05) is 52.8 Å². The summed E-state index contributed by atoms with van der Waals surface area (Å²) in [6.07, 6.45) is 1.77. The molecule has 0 spiro atoms. The van der Waals surface area contributed by atoms with E-state index in [2.05, 4.69) is 19.2 Å². The van der Waals surface area contributed by atoms with Gasteiger partial charge in [-0.1, -0.05) is 53.2 Å². The Balaban J connectivity index is 0. The predicted molar refractivity (Wildman–Crippen MR) is 82.1 cm³/mol. The Bertz CT molecular complexity index is 332. The van der Waals surface area contributed by atoms with Gasteiger partial charge in [0.2, 0.25) is 5.91 Å². The number of carbonyl (C=O) groups excluding carboxylic acids is 1. The van der Waals surface area contributed by atoms with Gasteiger partial charge in [-0.05, 0) is 31.0 Å². The Kier molecular flexibility index (Phi) is 12.9. The molecule has 1 amide bonds. The first-order valence-corrected chi connectivity index (χ1v) is 6.92. The second-order valence-electron chi connectivity index (χ2n) is 3.93. The van der Waals surface area contributed by atoms with Gasteiger partial charge in [0.05, 0.1) is 0 Å². The van der Waals surface area contributed by atoms with Crippen molar-refractivity contribution in [3.8, 4) is 0 Å². The van der Waals surface area contributed by atoms with Gasteiger partial charge in [0, 0.05) is 12.1 Å². The van der Waals surface area contributed by atoms with Crippen LogP contribution in [0.3, 0.4) is 0 Å². The maximum Gasteiger partial charge on any atom is 0.224 e. The fourth-order valence-corrected chi connectivity index (χ4v) is 1.11. The van der Waals surface area contributed by atoms with E-state index < -0.39 is 0 Å². The summed E-state index contributed by atoms with van der Waals surface area (Å²) < 4.78 is 0. The average Bonchev–Trinajstić information content (AvgIpc) is 2.37. The number of aryl methyl sites for hydroxylation is 2. The first kappa shape index (κ1) is 19.0. The van der Waals surface area contributed by atoms with E-state index >= 15 is 0 Å². The van der Waals surface area contributed by atoms with Crippen molar-refractivity contribution >= 4 is 11.6 Å². The summed E-state index contributed by atoms with van der Waals surface area (Å²) in [6, 6.07) is 6.04. The first-order valence-electron chi connectivity index (χ1n) is 6.92. The van der Waals surface area contributed by atoms with Crippen molar-refractivity contribution in [3.05, 3.63) is 29.3 Å². The molecule has 0 aliphatic carbocycles. The van der Waals surface area contributed by atoms with Gasteiger partial charge in [-0.25, -0.2) is 0 Å². The molecule has 18 heavy (non-hydrogen) atoms. The summed E-state index contributed by atoms with van der Waals surface area (Å²) in [5.41, 5.74) is 3.19. The Morgan fingerprint density at radius 1 is 1.11 bits per heavy atom. The van der Waals surface area contributed by atoms with Crippen LogP contribution < -0.4 is 5.32 Å². The number of hydrogen-bond donors (Lipinski definition) is 1. The Hall–Kier alpha value is -1.31. The Labute approximate surface area is 113 Å².